The molecule has 5 rings (SSSR count). The number of nitrogens with zero attached hydrogens (tertiary/aromatic N) is 1. The summed E-state index contributed by atoms with van der Waals surface area (Å²) in [5.74, 6) is 0.627. The van der Waals surface area contributed by atoms with Crippen LogP contribution in [-0.4, -0.2) is 27.4 Å². The minimum Gasteiger partial charge on any atom is -0.392 e. The SMILES string of the molecule is CCC1(CC)CCCC2CCC(CC)(CC)C(O)C2C1O.Cc1ccc2cnc(-c3[c-]cccc3)cc2c1.[Ir]. The summed E-state index contributed by atoms with van der Waals surface area (Å²) in [5, 5.41) is 24.8. The van der Waals surface area contributed by atoms with Crippen LogP contribution in [0.5, 0.6) is 0 Å². The number of hydrogen-bond donors (Lipinski definition) is 2. The molecule has 1 radical (unpaired) electrons. The van der Waals surface area contributed by atoms with E-state index in [4.69, 9.17) is 0 Å². The second kappa shape index (κ2) is 13.9. The first-order valence-electron chi connectivity index (χ1n) is 15.0. The number of hydrogen-bond acceptors (Lipinski definition) is 3. The molecule has 4 unspecified atom stereocenters. The number of aromatic nitrogens is 1. The quantitative estimate of drug-likeness (QED) is 0.262. The van der Waals surface area contributed by atoms with Gasteiger partial charge in [-0.2, -0.15) is 0 Å². The smallest absolute Gasteiger partial charge is 0.0651 e. The van der Waals surface area contributed by atoms with Crippen molar-refractivity contribution in [3.8, 4) is 11.3 Å². The van der Waals surface area contributed by atoms with Gasteiger partial charge >= 0.3 is 0 Å². The second-order valence-corrected chi connectivity index (χ2v) is 12.0. The molecule has 3 aromatic rings. The Labute approximate surface area is 250 Å². The van der Waals surface area contributed by atoms with Gasteiger partial charge in [-0.3, -0.25) is 0 Å². The molecule has 2 aromatic carbocycles. The van der Waals surface area contributed by atoms with Crippen LogP contribution in [0.3, 0.4) is 0 Å². The number of aryl methyl sites for hydroxylation is 1. The van der Waals surface area contributed by atoms with Gasteiger partial charge in [-0.1, -0.05) is 63.9 Å². The first kappa shape index (κ1) is 31.9. The average molecular weight is 707 g/mol. The summed E-state index contributed by atoms with van der Waals surface area (Å²) >= 11 is 0. The van der Waals surface area contributed by atoms with Crippen molar-refractivity contribution < 1.29 is 30.3 Å². The van der Waals surface area contributed by atoms with Crippen molar-refractivity contribution in [3.63, 3.8) is 0 Å². The van der Waals surface area contributed by atoms with Gasteiger partial charge in [0, 0.05) is 32.2 Å². The van der Waals surface area contributed by atoms with E-state index in [1.165, 1.54) is 35.6 Å². The molecule has 4 atom stereocenters. The zero-order chi connectivity index (χ0) is 27.3. The van der Waals surface area contributed by atoms with Crippen LogP contribution < -0.4 is 0 Å². The van der Waals surface area contributed by atoms with E-state index >= 15 is 0 Å². The molecule has 39 heavy (non-hydrogen) atoms. The van der Waals surface area contributed by atoms with Gasteiger partial charge < -0.3 is 15.2 Å². The average Bonchev–Trinajstić information content (AvgIpc) is 3.10. The van der Waals surface area contributed by atoms with Crippen molar-refractivity contribution in [2.45, 2.75) is 105 Å². The molecule has 215 valence electrons. The van der Waals surface area contributed by atoms with Crippen molar-refractivity contribution >= 4 is 10.8 Å². The van der Waals surface area contributed by atoms with Crippen LogP contribution in [0.2, 0.25) is 0 Å². The third-order valence-electron chi connectivity index (χ3n) is 10.5. The predicted molar refractivity (Wildman–Crippen MR) is 159 cm³/mol. The molecule has 3 nitrogen and oxygen atoms in total. The summed E-state index contributed by atoms with van der Waals surface area (Å²) in [6.45, 7) is 11.0. The fourth-order valence-corrected chi connectivity index (χ4v) is 7.52. The monoisotopic (exact) mass is 707 g/mol. The number of aliphatic hydroxyl groups is 2. The molecule has 4 heteroatoms. The predicted octanol–water partition coefficient (Wildman–Crippen LogP) is 8.54. The molecule has 0 amide bonds. The molecule has 2 aliphatic rings. The van der Waals surface area contributed by atoms with E-state index in [0.717, 1.165) is 49.8 Å². The number of benzene rings is 2. The third kappa shape index (κ3) is 6.51. The number of pyridine rings is 1. The Bertz CT molecular complexity index is 1170. The van der Waals surface area contributed by atoms with Crippen molar-refractivity contribution in [1.82, 2.24) is 4.98 Å². The Morgan fingerprint density at radius 2 is 1.51 bits per heavy atom. The van der Waals surface area contributed by atoms with Crippen LogP contribution in [0.15, 0.2) is 54.7 Å². The summed E-state index contributed by atoms with van der Waals surface area (Å²) in [6.07, 6.45) is 11.3. The Balaban J connectivity index is 0.000000214. The summed E-state index contributed by atoms with van der Waals surface area (Å²) in [6, 6.07) is 19.6. The van der Waals surface area contributed by atoms with Crippen LogP contribution in [0.25, 0.3) is 22.0 Å². The van der Waals surface area contributed by atoms with Crippen LogP contribution in [-0.2, 0) is 20.1 Å². The molecule has 0 saturated heterocycles. The Morgan fingerprint density at radius 1 is 0.846 bits per heavy atom. The largest absolute Gasteiger partial charge is 0.392 e. The maximum Gasteiger partial charge on any atom is 0.0651 e. The fourth-order valence-electron chi connectivity index (χ4n) is 7.52. The standard InChI is InChI=1S/C19H36O2.C16H12N.Ir/c1-5-18(6-2)12-9-10-14-11-13-19(7-3,8-4)17(21)15(14)16(18)20;1-12-7-8-14-11-17-16(10-15(14)9-12)13-5-3-2-4-6-13;/h14-17,20-21H,5-13H2,1-4H3;2-5,7-11H,1H3;/q;-1;. The van der Waals surface area contributed by atoms with E-state index in [9.17, 15) is 10.2 Å². The number of rotatable bonds is 5. The first-order chi connectivity index (χ1) is 18.3. The summed E-state index contributed by atoms with van der Waals surface area (Å²) in [7, 11) is 0. The molecule has 1 aromatic heterocycles. The summed E-state index contributed by atoms with van der Waals surface area (Å²) in [5.41, 5.74) is 3.36. The summed E-state index contributed by atoms with van der Waals surface area (Å²) < 4.78 is 0. The van der Waals surface area contributed by atoms with Gasteiger partial charge in [0.05, 0.1) is 12.2 Å². The van der Waals surface area contributed by atoms with Gasteiger partial charge in [-0.05, 0) is 91.5 Å². The van der Waals surface area contributed by atoms with Gasteiger partial charge in [0.25, 0.3) is 0 Å². The molecule has 2 aliphatic carbocycles. The van der Waals surface area contributed by atoms with Crippen molar-refractivity contribution in [2.75, 3.05) is 0 Å². The fraction of sp³-hybridized carbons (Fsp3) is 0.571. The Morgan fingerprint density at radius 3 is 2.13 bits per heavy atom. The van der Waals surface area contributed by atoms with E-state index in [-0.39, 0.29) is 49.1 Å². The molecule has 0 spiro atoms. The minimum atomic E-state index is -0.326. The molecule has 0 aliphatic heterocycles. The Hall–Kier alpha value is -1.58. The van der Waals surface area contributed by atoms with Gasteiger partial charge in [0.2, 0.25) is 0 Å². The van der Waals surface area contributed by atoms with E-state index in [1.807, 2.05) is 30.5 Å². The maximum atomic E-state index is 11.2. The third-order valence-corrected chi connectivity index (χ3v) is 10.5. The van der Waals surface area contributed by atoms with E-state index < -0.39 is 0 Å². The molecule has 2 N–H and O–H groups in total. The number of fused-ring (bicyclic) bond motifs is 2. The van der Waals surface area contributed by atoms with E-state index in [1.54, 1.807) is 0 Å². The van der Waals surface area contributed by atoms with Crippen molar-refractivity contribution in [3.05, 3.63) is 66.4 Å². The molecule has 0 bridgehead atoms. The van der Waals surface area contributed by atoms with Gasteiger partial charge in [-0.15, -0.1) is 35.9 Å². The molecular formula is C35H48IrNO2-. The minimum absolute atomic E-state index is 0. The van der Waals surface area contributed by atoms with Crippen LogP contribution >= 0.6 is 0 Å². The van der Waals surface area contributed by atoms with Crippen molar-refractivity contribution in [1.29, 1.82) is 0 Å². The van der Waals surface area contributed by atoms with Crippen LogP contribution in [0, 0.1) is 35.7 Å². The van der Waals surface area contributed by atoms with Gasteiger partial charge in [0.15, 0.2) is 0 Å². The summed E-state index contributed by atoms with van der Waals surface area (Å²) in [4.78, 5) is 4.48. The normalized spacial score (nSPS) is 25.4. The molecular weight excluding hydrogens is 659 g/mol. The number of aliphatic hydroxyl groups excluding tert-OH is 2. The zero-order valence-corrected chi connectivity index (χ0v) is 26.9. The van der Waals surface area contributed by atoms with Gasteiger partial charge in [0.1, 0.15) is 0 Å². The van der Waals surface area contributed by atoms with Crippen molar-refractivity contribution in [2.24, 2.45) is 22.7 Å². The first-order valence-corrected chi connectivity index (χ1v) is 15.0. The molecule has 2 saturated carbocycles. The Kier molecular flexibility index (Phi) is 11.3. The van der Waals surface area contributed by atoms with Crippen LogP contribution in [0.4, 0.5) is 0 Å². The topological polar surface area (TPSA) is 53.4 Å². The molecule has 2 fully saturated rings. The molecule has 1 heterocycles. The van der Waals surface area contributed by atoms with E-state index in [2.05, 4.69) is 69.9 Å². The van der Waals surface area contributed by atoms with Gasteiger partial charge in [-0.25, -0.2) is 0 Å². The maximum absolute atomic E-state index is 11.2. The zero-order valence-electron chi connectivity index (χ0n) is 24.5. The second-order valence-electron chi connectivity index (χ2n) is 12.0. The van der Waals surface area contributed by atoms with E-state index in [0.29, 0.717) is 5.92 Å². The van der Waals surface area contributed by atoms with Crippen LogP contribution in [0.1, 0.15) is 91.0 Å².